The Bertz CT molecular complexity index is 1020. The molecule has 0 spiro atoms. The van der Waals surface area contributed by atoms with Gasteiger partial charge in [-0.2, -0.15) is 10.3 Å². The first-order chi connectivity index (χ1) is 15.1. The van der Waals surface area contributed by atoms with Crippen LogP contribution in [0, 0.1) is 11.3 Å². The number of azo groups is 2. The molecule has 4 aliphatic heterocycles. The highest BCUT2D eigenvalue weighted by Crippen LogP contribution is 2.34. The van der Waals surface area contributed by atoms with Crippen molar-refractivity contribution in [1.82, 2.24) is 9.88 Å². The molecule has 1 amide bonds. The maximum absolute atomic E-state index is 12.9. The van der Waals surface area contributed by atoms with Gasteiger partial charge in [0.25, 0.3) is 6.17 Å². The van der Waals surface area contributed by atoms with Crippen molar-refractivity contribution in [3.05, 3.63) is 47.8 Å². The lowest BCUT2D eigenvalue weighted by Gasteiger charge is -2.41. The lowest BCUT2D eigenvalue weighted by molar-refractivity contribution is -0.567. The van der Waals surface area contributed by atoms with Crippen LogP contribution < -0.4 is 4.90 Å². The minimum absolute atomic E-state index is 0.00861. The number of allylic oxidation sites excluding steroid dienone is 2. The van der Waals surface area contributed by atoms with E-state index in [1.54, 1.807) is 18.6 Å². The number of nitriles is 1. The predicted octanol–water partition coefficient (Wildman–Crippen LogP) is 1.82. The number of aliphatic imine (C=N–C) groups is 1. The van der Waals surface area contributed by atoms with E-state index in [4.69, 9.17) is 10.00 Å². The molecular formula is C22H24N7O2+. The van der Waals surface area contributed by atoms with Gasteiger partial charge in [-0.1, -0.05) is 10.8 Å². The van der Waals surface area contributed by atoms with E-state index in [2.05, 4.69) is 26.1 Å². The van der Waals surface area contributed by atoms with Crippen LogP contribution in [0.3, 0.4) is 0 Å². The van der Waals surface area contributed by atoms with Crippen LogP contribution in [0.15, 0.2) is 52.4 Å². The largest absolute Gasteiger partial charge is 0.358 e. The van der Waals surface area contributed by atoms with E-state index < -0.39 is 0 Å². The van der Waals surface area contributed by atoms with E-state index in [0.717, 1.165) is 24.4 Å². The molecule has 9 heteroatoms. The summed E-state index contributed by atoms with van der Waals surface area (Å²) >= 11 is 0. The molecule has 1 aromatic heterocycles. The summed E-state index contributed by atoms with van der Waals surface area (Å²) < 4.78 is 7.74. The number of ether oxygens (including phenoxy) is 1. The van der Waals surface area contributed by atoms with Crippen LogP contribution in [-0.4, -0.2) is 70.9 Å². The molecule has 4 atom stereocenters. The number of likely N-dealkylation sites (tertiary alicyclic amines) is 1. The number of amides is 1. The topological polar surface area (TPSA) is 97.2 Å². The average Bonchev–Trinajstić information content (AvgIpc) is 3.38. The zero-order valence-corrected chi connectivity index (χ0v) is 17.3. The minimum Gasteiger partial charge on any atom is -0.358 e. The van der Waals surface area contributed by atoms with Crippen molar-refractivity contribution < 1.29 is 14.2 Å². The molecule has 2 saturated heterocycles. The van der Waals surface area contributed by atoms with Gasteiger partial charge in [-0.15, -0.1) is 0 Å². The highest BCUT2D eigenvalue weighted by atomic mass is 16.5. The van der Waals surface area contributed by atoms with Crippen molar-refractivity contribution >= 4 is 18.1 Å². The number of hydrogen-bond donors (Lipinski definition) is 0. The van der Waals surface area contributed by atoms with E-state index >= 15 is 0 Å². The maximum atomic E-state index is 12.9. The highest BCUT2D eigenvalue weighted by Gasteiger charge is 2.42. The quantitative estimate of drug-likeness (QED) is 0.680. The molecule has 3 unspecified atom stereocenters. The molecule has 0 radical (unpaired) electrons. The number of anilines is 1. The number of hydrogen-bond acceptors (Lipinski definition) is 7. The Balaban J connectivity index is 1.19. The Kier molecular flexibility index (Phi) is 5.08. The minimum atomic E-state index is -0.261. The monoisotopic (exact) mass is 418 g/mol. The number of aromatic nitrogens is 1. The zero-order chi connectivity index (χ0) is 21.4. The molecule has 0 aliphatic carbocycles. The SMILES string of the molecule is CC(OCC(=O)N1CC2CC[C@@H](C1)N2c1ccc(C#N)cn1)C1=CC=CC2N=CN=[N+]12. The second kappa shape index (κ2) is 8.04. The van der Waals surface area contributed by atoms with Gasteiger partial charge in [0.1, 0.15) is 24.6 Å². The van der Waals surface area contributed by atoms with Crippen LogP contribution in [-0.2, 0) is 9.53 Å². The van der Waals surface area contributed by atoms with Crippen LogP contribution in [0.2, 0.25) is 0 Å². The van der Waals surface area contributed by atoms with Crippen molar-refractivity contribution in [1.29, 1.82) is 5.26 Å². The standard InChI is InChI=1S/C22H24N7O2/c1-15(19-3-2-4-21-25-14-26-29(19)21)31-13-22(30)27-11-17-6-7-18(12-27)28(17)20-8-5-16(9-23)10-24-20/h2-5,8,10,14-15,17-18,21H,6-7,11-13H2,1H3/q+1/t15?,17-,18?,21?/m0/s1. The summed E-state index contributed by atoms with van der Waals surface area (Å²) in [6.07, 6.45) is 10.7. The first kappa shape index (κ1) is 19.6. The summed E-state index contributed by atoms with van der Waals surface area (Å²) in [5.41, 5.74) is 1.45. The molecule has 9 nitrogen and oxygen atoms in total. The number of nitrogens with zero attached hydrogens (tertiary/aromatic N) is 7. The van der Waals surface area contributed by atoms with Crippen molar-refractivity contribution in [2.45, 2.75) is 44.1 Å². The zero-order valence-electron chi connectivity index (χ0n) is 17.3. The molecular weight excluding hydrogens is 394 g/mol. The first-order valence-electron chi connectivity index (χ1n) is 10.6. The van der Waals surface area contributed by atoms with E-state index in [9.17, 15) is 4.79 Å². The molecule has 0 saturated carbocycles. The Morgan fingerprint density at radius 1 is 1.35 bits per heavy atom. The smallest absolute Gasteiger partial charge is 0.298 e. The van der Waals surface area contributed by atoms with Crippen molar-refractivity contribution in [2.75, 3.05) is 24.6 Å². The Morgan fingerprint density at radius 3 is 2.87 bits per heavy atom. The third kappa shape index (κ3) is 3.64. The number of rotatable bonds is 5. The lowest BCUT2D eigenvalue weighted by atomic mass is 10.1. The number of carbonyl (C=O) groups excluding carboxylic acids is 1. The molecule has 5 heterocycles. The summed E-state index contributed by atoms with van der Waals surface area (Å²) in [5, 5.41) is 13.3. The third-order valence-electron chi connectivity index (χ3n) is 6.31. The van der Waals surface area contributed by atoms with E-state index in [-0.39, 0.29) is 36.9 Å². The summed E-state index contributed by atoms with van der Waals surface area (Å²) in [6.45, 7) is 3.30. The molecule has 31 heavy (non-hydrogen) atoms. The van der Waals surface area contributed by atoms with Crippen LogP contribution >= 0.6 is 0 Å². The van der Waals surface area contributed by atoms with Crippen LogP contribution in [0.25, 0.3) is 0 Å². The molecule has 2 bridgehead atoms. The van der Waals surface area contributed by atoms with Crippen molar-refractivity contribution in [2.24, 2.45) is 10.1 Å². The predicted molar refractivity (Wildman–Crippen MR) is 112 cm³/mol. The fraction of sp³-hybridized carbons (Fsp3) is 0.455. The maximum Gasteiger partial charge on any atom is 0.298 e. The normalized spacial score (nSPS) is 26.9. The van der Waals surface area contributed by atoms with Gasteiger partial charge in [-0.05, 0) is 31.9 Å². The molecule has 158 valence electrons. The van der Waals surface area contributed by atoms with Crippen LogP contribution in [0.4, 0.5) is 5.82 Å². The van der Waals surface area contributed by atoms with Gasteiger partial charge in [0.15, 0.2) is 6.34 Å². The lowest BCUT2D eigenvalue weighted by Crippen LogP contribution is -2.56. The molecule has 5 rings (SSSR count). The van der Waals surface area contributed by atoms with E-state index in [0.29, 0.717) is 18.7 Å². The first-order valence-corrected chi connectivity index (χ1v) is 10.6. The van der Waals surface area contributed by atoms with Crippen molar-refractivity contribution in [3.8, 4) is 6.07 Å². The summed E-state index contributed by atoms with van der Waals surface area (Å²) in [5.74, 6) is 0.890. The van der Waals surface area contributed by atoms with Gasteiger partial charge in [0, 0.05) is 48.6 Å². The fourth-order valence-corrected chi connectivity index (χ4v) is 4.75. The van der Waals surface area contributed by atoms with Gasteiger partial charge in [0.05, 0.1) is 5.56 Å². The number of piperazine rings is 1. The Morgan fingerprint density at radius 2 is 2.16 bits per heavy atom. The van der Waals surface area contributed by atoms with Gasteiger partial charge in [-0.3, -0.25) is 4.79 Å². The number of fused-ring (bicyclic) bond motifs is 3. The molecule has 2 fully saturated rings. The van der Waals surface area contributed by atoms with Gasteiger partial charge < -0.3 is 14.5 Å². The van der Waals surface area contributed by atoms with Gasteiger partial charge >= 0.3 is 0 Å². The van der Waals surface area contributed by atoms with E-state index in [1.807, 2.05) is 40.8 Å². The van der Waals surface area contributed by atoms with Crippen LogP contribution in [0.5, 0.6) is 0 Å². The fourth-order valence-electron chi connectivity index (χ4n) is 4.75. The molecule has 4 aliphatic rings. The second-order valence-electron chi connectivity index (χ2n) is 8.18. The third-order valence-corrected chi connectivity index (χ3v) is 6.31. The molecule has 0 aromatic carbocycles. The summed E-state index contributed by atoms with van der Waals surface area (Å²) in [4.78, 5) is 25.9. The second-order valence-corrected chi connectivity index (χ2v) is 8.18. The Hall–Kier alpha value is -3.38. The summed E-state index contributed by atoms with van der Waals surface area (Å²) in [6, 6.07) is 6.29. The highest BCUT2D eigenvalue weighted by molar-refractivity contribution is 5.78. The molecule has 1 aromatic rings. The number of carbonyl (C=O) groups is 1. The van der Waals surface area contributed by atoms with Crippen LogP contribution in [0.1, 0.15) is 25.3 Å². The molecule has 0 N–H and O–H groups in total. The number of pyridine rings is 1. The summed E-state index contributed by atoms with van der Waals surface area (Å²) in [7, 11) is 0. The van der Waals surface area contributed by atoms with Gasteiger partial charge in [-0.25, -0.2) is 4.98 Å². The van der Waals surface area contributed by atoms with E-state index in [1.165, 1.54) is 0 Å². The van der Waals surface area contributed by atoms with Crippen molar-refractivity contribution in [3.63, 3.8) is 0 Å². The average molecular weight is 418 g/mol. The van der Waals surface area contributed by atoms with Gasteiger partial charge in [0.2, 0.25) is 11.6 Å². The Labute approximate surface area is 180 Å².